The summed E-state index contributed by atoms with van der Waals surface area (Å²) in [5.74, 6) is -1.47. The molecule has 0 aliphatic rings. The molecule has 7 nitrogen and oxygen atoms in total. The minimum Gasteiger partial charge on any atom is -0.468 e. The normalized spacial score (nSPS) is 10.1. The highest BCUT2D eigenvalue weighted by Crippen LogP contribution is 2.03. The number of hydrogen-bond acceptors (Lipinski definition) is 5. The topological polar surface area (TPSA) is 111 Å². The van der Waals surface area contributed by atoms with Crippen molar-refractivity contribution < 1.29 is 19.1 Å². The first-order valence-electron chi connectivity index (χ1n) is 8.86. The fourth-order valence-electron chi connectivity index (χ4n) is 1.67. The van der Waals surface area contributed by atoms with Crippen LogP contribution in [0.25, 0.3) is 0 Å². The summed E-state index contributed by atoms with van der Waals surface area (Å²) in [5.41, 5.74) is 6.12. The van der Waals surface area contributed by atoms with Crippen LogP contribution < -0.4 is 16.4 Å². The predicted molar refractivity (Wildman–Crippen MR) is 103 cm³/mol. The lowest BCUT2D eigenvalue weighted by Gasteiger charge is -2.18. The number of benzene rings is 1. The van der Waals surface area contributed by atoms with Crippen molar-refractivity contribution in [3.8, 4) is 0 Å². The van der Waals surface area contributed by atoms with Gasteiger partial charge in [-0.3, -0.25) is 14.4 Å². The van der Waals surface area contributed by atoms with Gasteiger partial charge in [0, 0.05) is 6.42 Å². The molecular weight excluding hydrogens is 334 g/mol. The summed E-state index contributed by atoms with van der Waals surface area (Å²) in [5, 5.41) is 4.94. The lowest BCUT2D eigenvalue weighted by molar-refractivity contribution is -0.141. The number of rotatable bonds is 7. The first-order valence-corrected chi connectivity index (χ1v) is 8.86. The van der Waals surface area contributed by atoms with Gasteiger partial charge in [-0.1, -0.05) is 64.4 Å². The Balaban J connectivity index is 0. The van der Waals surface area contributed by atoms with Gasteiger partial charge >= 0.3 is 5.97 Å². The molecule has 0 heterocycles. The zero-order chi connectivity index (χ0) is 20.4. The van der Waals surface area contributed by atoms with Gasteiger partial charge in [-0.15, -0.1) is 0 Å². The average Bonchev–Trinajstić information content (AvgIpc) is 2.68. The van der Waals surface area contributed by atoms with Crippen LogP contribution >= 0.6 is 0 Å². The Labute approximate surface area is 156 Å². The lowest BCUT2D eigenvalue weighted by Crippen LogP contribution is -2.50. The smallest absolute Gasteiger partial charge is 0.325 e. The number of hydrogen-bond donors (Lipinski definition) is 3. The van der Waals surface area contributed by atoms with Crippen LogP contribution in [0.5, 0.6) is 0 Å². The predicted octanol–water partition coefficient (Wildman–Crippen LogP) is 1.40. The zero-order valence-electron chi connectivity index (χ0n) is 16.5. The van der Waals surface area contributed by atoms with Crippen molar-refractivity contribution in [2.45, 2.75) is 46.6 Å². The summed E-state index contributed by atoms with van der Waals surface area (Å²) in [6.07, 6.45) is 1.56. The maximum atomic E-state index is 12.0. The lowest BCUT2D eigenvalue weighted by atomic mass is 10.1. The van der Waals surface area contributed by atoms with Crippen LogP contribution in [0.1, 0.15) is 39.7 Å². The molecule has 0 fully saturated rings. The molecule has 2 amide bonds. The molecule has 26 heavy (non-hydrogen) atoms. The highest BCUT2D eigenvalue weighted by Gasteiger charge is 2.21. The number of carbonyl (C=O) groups excluding carboxylic acids is 3. The van der Waals surface area contributed by atoms with Crippen LogP contribution in [0.3, 0.4) is 0 Å². The van der Waals surface area contributed by atoms with E-state index in [0.29, 0.717) is 6.42 Å². The molecule has 148 valence electrons. The summed E-state index contributed by atoms with van der Waals surface area (Å²) in [6.45, 7) is 7.79. The van der Waals surface area contributed by atoms with Crippen molar-refractivity contribution >= 4 is 17.8 Å². The molecule has 0 aliphatic heterocycles. The second-order valence-corrected chi connectivity index (χ2v) is 5.01. The van der Waals surface area contributed by atoms with Crippen LogP contribution in [0, 0.1) is 0 Å². The number of esters is 1. The Bertz CT molecular complexity index is 507. The fraction of sp³-hybridized carbons (Fsp3) is 0.526. The highest BCUT2D eigenvalue weighted by atomic mass is 16.5. The maximum absolute atomic E-state index is 12.0. The van der Waals surface area contributed by atoms with Gasteiger partial charge in [0.25, 0.3) is 0 Å². The van der Waals surface area contributed by atoms with E-state index in [4.69, 9.17) is 5.73 Å². The standard InChI is InChI=1S/C14H19N3O4.C3H8.C2H6/c1-21-13(19)9-16-14(20)11(17-12(18)8-15)7-10-5-3-2-4-6-10;1-3-2;1-2/h2-6,11H,7-9,15H2,1H3,(H,16,20)(H,17,18);3H2,1-2H3;1-2H3. The molecule has 0 saturated heterocycles. The monoisotopic (exact) mass is 367 g/mol. The van der Waals surface area contributed by atoms with E-state index < -0.39 is 23.8 Å². The third-order valence-corrected chi connectivity index (χ3v) is 2.75. The van der Waals surface area contributed by atoms with Crippen molar-refractivity contribution in [2.24, 2.45) is 5.73 Å². The highest BCUT2D eigenvalue weighted by molar-refractivity contribution is 5.90. The molecule has 0 spiro atoms. The Morgan fingerprint density at radius 3 is 2.12 bits per heavy atom. The summed E-state index contributed by atoms with van der Waals surface area (Å²) in [4.78, 5) is 34.5. The first-order chi connectivity index (χ1) is 12.5. The summed E-state index contributed by atoms with van der Waals surface area (Å²) in [6, 6.07) is 8.42. The van der Waals surface area contributed by atoms with Crippen molar-refractivity contribution in [3.63, 3.8) is 0 Å². The van der Waals surface area contributed by atoms with Crippen LogP contribution in [0.15, 0.2) is 30.3 Å². The number of carbonyl (C=O) groups is 3. The minimum atomic E-state index is -0.798. The Hall–Kier alpha value is -2.41. The zero-order valence-corrected chi connectivity index (χ0v) is 16.5. The largest absolute Gasteiger partial charge is 0.468 e. The van der Waals surface area contributed by atoms with E-state index in [1.807, 2.05) is 44.2 Å². The van der Waals surface area contributed by atoms with E-state index in [0.717, 1.165) is 5.56 Å². The molecule has 1 aromatic carbocycles. The van der Waals surface area contributed by atoms with Crippen LogP contribution in [-0.4, -0.2) is 44.0 Å². The molecule has 0 aliphatic carbocycles. The Morgan fingerprint density at radius 1 is 1.12 bits per heavy atom. The molecule has 0 aromatic heterocycles. The first kappa shape index (κ1) is 25.8. The molecule has 1 aromatic rings. The van der Waals surface area contributed by atoms with Crippen LogP contribution in [-0.2, 0) is 25.5 Å². The van der Waals surface area contributed by atoms with Gasteiger partial charge in [-0.05, 0) is 5.56 Å². The quantitative estimate of drug-likeness (QED) is 0.631. The molecule has 4 N–H and O–H groups in total. The summed E-state index contributed by atoms with van der Waals surface area (Å²) < 4.78 is 4.44. The van der Waals surface area contributed by atoms with Gasteiger partial charge in [0.15, 0.2) is 0 Å². The molecule has 1 unspecified atom stereocenters. The molecule has 1 atom stereocenters. The van der Waals surface area contributed by atoms with Gasteiger partial charge in [0.2, 0.25) is 11.8 Å². The van der Waals surface area contributed by atoms with E-state index in [-0.39, 0.29) is 13.1 Å². The minimum absolute atomic E-state index is 0.213. The Kier molecular flexibility index (Phi) is 17.3. The molecule has 7 heteroatoms. The molecule has 0 bridgehead atoms. The van der Waals surface area contributed by atoms with Crippen molar-refractivity contribution in [1.82, 2.24) is 10.6 Å². The van der Waals surface area contributed by atoms with Crippen molar-refractivity contribution in [2.75, 3.05) is 20.2 Å². The number of ether oxygens (including phenoxy) is 1. The second kappa shape index (κ2) is 17.4. The van der Waals surface area contributed by atoms with Gasteiger partial charge < -0.3 is 21.1 Å². The van der Waals surface area contributed by atoms with Gasteiger partial charge in [0.05, 0.1) is 13.7 Å². The van der Waals surface area contributed by atoms with E-state index >= 15 is 0 Å². The Morgan fingerprint density at radius 2 is 1.65 bits per heavy atom. The van der Waals surface area contributed by atoms with E-state index in [1.165, 1.54) is 13.5 Å². The molecule has 1 rings (SSSR count). The average molecular weight is 367 g/mol. The van der Waals surface area contributed by atoms with Crippen molar-refractivity contribution in [3.05, 3.63) is 35.9 Å². The SMILES string of the molecule is CC.CCC.COC(=O)CNC(=O)C(Cc1ccccc1)NC(=O)CN. The van der Waals surface area contributed by atoms with E-state index in [9.17, 15) is 14.4 Å². The van der Waals surface area contributed by atoms with Gasteiger partial charge in [-0.25, -0.2) is 0 Å². The molecular formula is C19H33N3O4. The van der Waals surface area contributed by atoms with Crippen LogP contribution in [0.2, 0.25) is 0 Å². The number of nitrogens with two attached hydrogens (primary N) is 1. The number of nitrogens with one attached hydrogen (secondary N) is 2. The number of amides is 2. The van der Waals surface area contributed by atoms with Gasteiger partial charge in [-0.2, -0.15) is 0 Å². The maximum Gasteiger partial charge on any atom is 0.325 e. The molecule has 0 saturated carbocycles. The van der Waals surface area contributed by atoms with Crippen LogP contribution in [0.4, 0.5) is 0 Å². The number of methoxy groups -OCH3 is 1. The summed E-state index contributed by atoms with van der Waals surface area (Å²) in [7, 11) is 1.23. The second-order valence-electron chi connectivity index (χ2n) is 5.01. The van der Waals surface area contributed by atoms with E-state index in [1.54, 1.807) is 0 Å². The third kappa shape index (κ3) is 12.9. The van der Waals surface area contributed by atoms with E-state index in [2.05, 4.69) is 29.2 Å². The van der Waals surface area contributed by atoms with Crippen molar-refractivity contribution in [1.29, 1.82) is 0 Å². The van der Waals surface area contributed by atoms with Gasteiger partial charge in [0.1, 0.15) is 12.6 Å². The summed E-state index contributed by atoms with van der Waals surface area (Å²) >= 11 is 0. The fourth-order valence-corrected chi connectivity index (χ4v) is 1.67. The molecule has 0 radical (unpaired) electrons. The third-order valence-electron chi connectivity index (χ3n) is 2.75.